The lowest BCUT2D eigenvalue weighted by atomic mass is 10.1. The summed E-state index contributed by atoms with van der Waals surface area (Å²) in [6, 6.07) is 11.2. The van der Waals surface area contributed by atoms with Crippen molar-refractivity contribution in [2.75, 3.05) is 0 Å². The van der Waals surface area contributed by atoms with Gasteiger partial charge in [-0.15, -0.1) is 0 Å². The number of non-ortho nitro benzene ring substituents is 1. The van der Waals surface area contributed by atoms with Crippen molar-refractivity contribution in [3.63, 3.8) is 0 Å². The molecule has 3 N–H and O–H groups in total. The summed E-state index contributed by atoms with van der Waals surface area (Å²) in [5.74, 6) is 0.639. The fourth-order valence-corrected chi connectivity index (χ4v) is 1.71. The van der Waals surface area contributed by atoms with Gasteiger partial charge in [-0.3, -0.25) is 15.5 Å². The van der Waals surface area contributed by atoms with Crippen molar-refractivity contribution in [3.8, 4) is 11.5 Å². The summed E-state index contributed by atoms with van der Waals surface area (Å²) in [7, 11) is 0. The van der Waals surface area contributed by atoms with E-state index in [0.717, 1.165) is 5.56 Å². The van der Waals surface area contributed by atoms with Crippen molar-refractivity contribution in [2.24, 2.45) is 5.73 Å². The number of nitro groups is 1. The number of nitrogens with zero attached hydrogens (tertiary/aromatic N) is 1. The molecule has 0 aliphatic carbocycles. The molecule has 0 aliphatic rings. The van der Waals surface area contributed by atoms with Crippen molar-refractivity contribution < 1.29 is 9.66 Å². The predicted octanol–water partition coefficient (Wildman–Crippen LogP) is 2.98. The number of rotatable bonds is 4. The monoisotopic (exact) mass is 271 g/mol. The van der Waals surface area contributed by atoms with Crippen LogP contribution in [0.5, 0.6) is 11.5 Å². The molecule has 0 aliphatic heterocycles. The van der Waals surface area contributed by atoms with Crippen molar-refractivity contribution in [2.45, 2.75) is 6.92 Å². The Bertz CT molecular complexity index is 683. The minimum absolute atomic E-state index is 0.0501. The van der Waals surface area contributed by atoms with E-state index in [4.69, 9.17) is 15.9 Å². The lowest BCUT2D eigenvalue weighted by molar-refractivity contribution is -0.384. The van der Waals surface area contributed by atoms with Gasteiger partial charge in [0.2, 0.25) is 0 Å². The second-order valence-corrected chi connectivity index (χ2v) is 4.22. The smallest absolute Gasteiger partial charge is 0.273 e. The number of aryl methyl sites for hydroxylation is 1. The summed E-state index contributed by atoms with van der Waals surface area (Å²) in [4.78, 5) is 10.3. The van der Waals surface area contributed by atoms with Gasteiger partial charge in [0.15, 0.2) is 0 Å². The van der Waals surface area contributed by atoms with Gasteiger partial charge in [-0.05, 0) is 30.7 Å². The van der Waals surface area contributed by atoms with E-state index in [1.54, 1.807) is 37.3 Å². The Balaban J connectivity index is 2.42. The molecular formula is C14H13N3O3. The zero-order chi connectivity index (χ0) is 14.7. The van der Waals surface area contributed by atoms with Crippen molar-refractivity contribution in [1.82, 2.24) is 0 Å². The van der Waals surface area contributed by atoms with Gasteiger partial charge in [-0.1, -0.05) is 12.1 Å². The van der Waals surface area contributed by atoms with Gasteiger partial charge in [0.25, 0.3) is 5.69 Å². The maximum absolute atomic E-state index is 10.8. The Hall–Kier alpha value is -2.89. The maximum atomic E-state index is 10.8. The van der Waals surface area contributed by atoms with Crippen LogP contribution < -0.4 is 10.5 Å². The number of benzene rings is 2. The Morgan fingerprint density at radius 2 is 1.95 bits per heavy atom. The minimum atomic E-state index is -0.483. The van der Waals surface area contributed by atoms with Crippen LogP contribution >= 0.6 is 0 Å². The zero-order valence-electron chi connectivity index (χ0n) is 10.8. The molecule has 0 aromatic heterocycles. The molecule has 0 amide bonds. The molecule has 0 atom stereocenters. The second-order valence-electron chi connectivity index (χ2n) is 4.22. The number of nitrogens with two attached hydrogens (primary N) is 1. The Morgan fingerprint density at radius 3 is 2.60 bits per heavy atom. The molecule has 0 saturated heterocycles. The molecule has 0 fully saturated rings. The molecule has 2 rings (SSSR count). The highest BCUT2D eigenvalue weighted by Crippen LogP contribution is 2.30. The normalized spacial score (nSPS) is 10.1. The highest BCUT2D eigenvalue weighted by Gasteiger charge is 2.12. The van der Waals surface area contributed by atoms with Gasteiger partial charge in [-0.2, -0.15) is 0 Å². The number of amidine groups is 1. The van der Waals surface area contributed by atoms with Crippen LogP contribution in [0.2, 0.25) is 0 Å². The van der Waals surface area contributed by atoms with E-state index in [-0.39, 0.29) is 11.5 Å². The molecule has 0 bridgehead atoms. The Labute approximate surface area is 115 Å². The molecule has 2 aromatic rings. The fraction of sp³-hybridized carbons (Fsp3) is 0.0714. The molecule has 0 unspecified atom stereocenters. The average Bonchev–Trinajstić information content (AvgIpc) is 2.41. The summed E-state index contributed by atoms with van der Waals surface area (Å²) >= 11 is 0. The summed E-state index contributed by atoms with van der Waals surface area (Å²) in [6.07, 6.45) is 0. The third kappa shape index (κ3) is 2.74. The van der Waals surface area contributed by atoms with Gasteiger partial charge in [-0.25, -0.2) is 0 Å². The zero-order valence-corrected chi connectivity index (χ0v) is 10.8. The second kappa shape index (κ2) is 5.40. The van der Waals surface area contributed by atoms with Crippen LogP contribution in [0.1, 0.15) is 11.1 Å². The molecular weight excluding hydrogens is 258 g/mol. The largest absolute Gasteiger partial charge is 0.456 e. The minimum Gasteiger partial charge on any atom is -0.456 e. The van der Waals surface area contributed by atoms with Crippen LogP contribution in [0.3, 0.4) is 0 Å². The standard InChI is InChI=1S/C14H13N3O3/c1-9-6-7-10(17(18)19)8-13(9)20-12-5-3-2-4-11(12)14(15)16/h2-8H,1H3,(H3,15,16). The first kappa shape index (κ1) is 13.5. The number of nitrogen functional groups attached to an aromatic ring is 1. The number of hydrogen-bond acceptors (Lipinski definition) is 4. The first-order valence-electron chi connectivity index (χ1n) is 5.85. The van der Waals surface area contributed by atoms with Gasteiger partial charge in [0, 0.05) is 6.07 Å². The first-order chi connectivity index (χ1) is 9.49. The molecule has 6 nitrogen and oxygen atoms in total. The number of para-hydroxylation sites is 1. The summed E-state index contributed by atoms with van der Waals surface area (Å²) < 4.78 is 5.67. The number of ether oxygens (including phenoxy) is 1. The van der Waals surface area contributed by atoms with Gasteiger partial charge >= 0.3 is 0 Å². The van der Waals surface area contributed by atoms with E-state index in [1.165, 1.54) is 12.1 Å². The first-order valence-corrected chi connectivity index (χ1v) is 5.85. The summed E-state index contributed by atoms with van der Waals surface area (Å²) in [5.41, 5.74) is 6.63. The van der Waals surface area contributed by atoms with Crippen molar-refractivity contribution >= 4 is 11.5 Å². The van der Waals surface area contributed by atoms with E-state index >= 15 is 0 Å². The third-order valence-corrected chi connectivity index (χ3v) is 2.78. The molecule has 2 aromatic carbocycles. The highest BCUT2D eigenvalue weighted by molar-refractivity contribution is 5.97. The predicted molar refractivity (Wildman–Crippen MR) is 75.4 cm³/mol. The molecule has 0 radical (unpaired) electrons. The van der Waals surface area contributed by atoms with E-state index in [1.807, 2.05) is 0 Å². The molecule has 0 saturated carbocycles. The van der Waals surface area contributed by atoms with Gasteiger partial charge in [0.1, 0.15) is 17.3 Å². The maximum Gasteiger partial charge on any atom is 0.273 e. The van der Waals surface area contributed by atoms with Gasteiger partial charge in [0.05, 0.1) is 16.6 Å². The Morgan fingerprint density at radius 1 is 1.25 bits per heavy atom. The van der Waals surface area contributed by atoms with Crippen LogP contribution in [0, 0.1) is 22.4 Å². The van der Waals surface area contributed by atoms with Crippen LogP contribution in [0.15, 0.2) is 42.5 Å². The van der Waals surface area contributed by atoms with Gasteiger partial charge < -0.3 is 10.5 Å². The molecule has 0 spiro atoms. The quantitative estimate of drug-likeness (QED) is 0.386. The summed E-state index contributed by atoms with van der Waals surface area (Å²) in [5, 5.41) is 18.3. The van der Waals surface area contributed by atoms with Crippen LogP contribution in [0.4, 0.5) is 5.69 Å². The van der Waals surface area contributed by atoms with Crippen molar-refractivity contribution in [3.05, 3.63) is 63.7 Å². The third-order valence-electron chi connectivity index (χ3n) is 2.78. The summed E-state index contributed by atoms with van der Waals surface area (Å²) in [6.45, 7) is 1.79. The topological polar surface area (TPSA) is 102 Å². The SMILES string of the molecule is Cc1ccc([N+](=O)[O-])cc1Oc1ccccc1C(=N)N. The number of nitrogens with one attached hydrogen (secondary N) is 1. The molecule has 6 heteroatoms. The van der Waals surface area contributed by atoms with E-state index in [2.05, 4.69) is 0 Å². The Kier molecular flexibility index (Phi) is 3.65. The average molecular weight is 271 g/mol. The fourth-order valence-electron chi connectivity index (χ4n) is 1.71. The molecule has 0 heterocycles. The van der Waals surface area contributed by atoms with E-state index in [9.17, 15) is 10.1 Å². The van der Waals surface area contributed by atoms with Crippen molar-refractivity contribution in [1.29, 1.82) is 5.41 Å². The number of hydrogen-bond donors (Lipinski definition) is 2. The highest BCUT2D eigenvalue weighted by atomic mass is 16.6. The molecule has 20 heavy (non-hydrogen) atoms. The lowest BCUT2D eigenvalue weighted by Gasteiger charge is -2.11. The molecule has 102 valence electrons. The van der Waals surface area contributed by atoms with Crippen LogP contribution in [-0.4, -0.2) is 10.8 Å². The van der Waals surface area contributed by atoms with E-state index < -0.39 is 4.92 Å². The van der Waals surface area contributed by atoms with E-state index in [0.29, 0.717) is 17.1 Å². The van der Waals surface area contributed by atoms with Crippen LogP contribution in [-0.2, 0) is 0 Å². The number of nitro benzene ring substituents is 1. The lowest BCUT2D eigenvalue weighted by Crippen LogP contribution is -2.12. The van der Waals surface area contributed by atoms with Crippen LogP contribution in [0.25, 0.3) is 0 Å².